The number of hydrogen-bond acceptors (Lipinski definition) is 5. The van der Waals surface area contributed by atoms with E-state index in [-0.39, 0.29) is 17.9 Å². The topological polar surface area (TPSA) is 113 Å². The molecule has 3 aromatic rings. The van der Waals surface area contributed by atoms with Gasteiger partial charge in [0.15, 0.2) is 5.82 Å². The van der Waals surface area contributed by atoms with E-state index < -0.39 is 30.0 Å². The minimum atomic E-state index is -0.752. The molecule has 2 aromatic carbocycles. The van der Waals surface area contributed by atoms with Gasteiger partial charge in [-0.1, -0.05) is 12.1 Å². The molecule has 0 spiro atoms. The van der Waals surface area contributed by atoms with Gasteiger partial charge in [-0.2, -0.15) is 14.9 Å². The van der Waals surface area contributed by atoms with Crippen molar-refractivity contribution < 1.29 is 14.0 Å². The molecule has 0 fully saturated rings. The largest absolute Gasteiger partial charge is 0.354 e. The maximum Gasteiger partial charge on any atom is 0.354 e. The Morgan fingerprint density at radius 3 is 2.59 bits per heavy atom. The number of fused-ring (bicyclic) bond motifs is 1. The van der Waals surface area contributed by atoms with E-state index in [4.69, 9.17) is 5.26 Å². The number of rotatable bonds is 4. The molecule has 2 amide bonds. The molecule has 2 heterocycles. The summed E-state index contributed by atoms with van der Waals surface area (Å²) >= 11 is 0. The van der Waals surface area contributed by atoms with Gasteiger partial charge in [0.2, 0.25) is 5.91 Å². The maximum atomic E-state index is 13.1. The minimum Gasteiger partial charge on any atom is -0.323 e. The molecule has 1 aliphatic heterocycles. The zero-order valence-electron chi connectivity index (χ0n) is 14.9. The zero-order chi connectivity index (χ0) is 20.5. The fourth-order valence-electron chi connectivity index (χ4n) is 3.02. The third-order valence-corrected chi connectivity index (χ3v) is 4.38. The summed E-state index contributed by atoms with van der Waals surface area (Å²) in [5, 5.41) is 15.7. The fraction of sp³-hybridized carbons (Fsp3) is 0.105. The van der Waals surface area contributed by atoms with Gasteiger partial charge in [-0.05, 0) is 36.4 Å². The number of amides is 2. The van der Waals surface area contributed by atoms with Crippen molar-refractivity contribution in [2.75, 3.05) is 10.2 Å². The molecule has 0 unspecified atom stereocenters. The first kappa shape index (κ1) is 18.1. The molecule has 0 atom stereocenters. The molecule has 0 radical (unpaired) electrons. The van der Waals surface area contributed by atoms with Crippen LogP contribution >= 0.6 is 0 Å². The molecule has 0 saturated carbocycles. The first-order valence-corrected chi connectivity index (χ1v) is 8.53. The van der Waals surface area contributed by atoms with Gasteiger partial charge >= 0.3 is 11.7 Å². The highest BCUT2D eigenvalue weighted by molar-refractivity contribution is 5.96. The summed E-state index contributed by atoms with van der Waals surface area (Å²) in [5.74, 6) is -0.826. The van der Waals surface area contributed by atoms with Crippen LogP contribution in [0.15, 0.2) is 53.3 Å². The van der Waals surface area contributed by atoms with Gasteiger partial charge in [0.25, 0.3) is 0 Å². The standard InChI is InChI=1S/C19H13FN6O3/c20-13-5-7-14(8-6-13)24-10-16-23-25(19(29)26(16)18(24)28)11-17(27)22-15-4-2-1-3-12(15)9-21/h1-8H,10-11H2,(H,22,27). The molecule has 1 aliphatic rings. The Labute approximate surface area is 163 Å². The van der Waals surface area contributed by atoms with Gasteiger partial charge < -0.3 is 5.32 Å². The molecule has 10 heteroatoms. The van der Waals surface area contributed by atoms with E-state index in [0.29, 0.717) is 11.4 Å². The Morgan fingerprint density at radius 1 is 1.17 bits per heavy atom. The van der Waals surface area contributed by atoms with Crippen LogP contribution in [0.2, 0.25) is 0 Å². The minimum absolute atomic E-state index is 0.0194. The third kappa shape index (κ3) is 3.25. The number of para-hydroxylation sites is 1. The highest BCUT2D eigenvalue weighted by Gasteiger charge is 2.33. The second kappa shape index (κ2) is 7.05. The van der Waals surface area contributed by atoms with Gasteiger partial charge in [0.1, 0.15) is 18.4 Å². The predicted octanol–water partition coefficient (Wildman–Crippen LogP) is 1.68. The van der Waals surface area contributed by atoms with Crippen molar-refractivity contribution in [1.82, 2.24) is 14.3 Å². The van der Waals surface area contributed by atoms with Crippen molar-refractivity contribution in [2.24, 2.45) is 0 Å². The first-order chi connectivity index (χ1) is 14.0. The molecule has 0 aliphatic carbocycles. The van der Waals surface area contributed by atoms with Crippen molar-refractivity contribution in [2.45, 2.75) is 13.1 Å². The van der Waals surface area contributed by atoms with E-state index in [1.807, 2.05) is 6.07 Å². The summed E-state index contributed by atoms with van der Waals surface area (Å²) in [5.41, 5.74) is 0.279. The normalized spacial score (nSPS) is 12.6. The Morgan fingerprint density at radius 2 is 1.90 bits per heavy atom. The molecule has 0 bridgehead atoms. The van der Waals surface area contributed by atoms with Crippen molar-refractivity contribution in [3.8, 4) is 6.07 Å². The average Bonchev–Trinajstić information content (AvgIpc) is 3.19. The quantitative estimate of drug-likeness (QED) is 0.726. The summed E-state index contributed by atoms with van der Waals surface area (Å²) < 4.78 is 14.8. The molecule has 1 aromatic heterocycles. The number of aromatic nitrogens is 3. The van der Waals surface area contributed by atoms with Crippen molar-refractivity contribution in [3.63, 3.8) is 0 Å². The predicted molar refractivity (Wildman–Crippen MR) is 99.7 cm³/mol. The summed E-state index contributed by atoms with van der Waals surface area (Å²) in [6.07, 6.45) is 0. The average molecular weight is 392 g/mol. The number of nitrogens with one attached hydrogen (secondary N) is 1. The Bertz CT molecular complexity index is 1220. The van der Waals surface area contributed by atoms with Gasteiger partial charge in [0.05, 0.1) is 17.8 Å². The molecule has 29 heavy (non-hydrogen) atoms. The summed E-state index contributed by atoms with van der Waals surface area (Å²) in [4.78, 5) is 38.7. The SMILES string of the molecule is N#Cc1ccccc1NC(=O)Cn1nc2n(c1=O)C(=O)N(c1ccc(F)cc1)C2. The lowest BCUT2D eigenvalue weighted by Gasteiger charge is -2.14. The number of benzene rings is 2. The zero-order valence-corrected chi connectivity index (χ0v) is 14.9. The van der Waals surface area contributed by atoms with Gasteiger partial charge in [0, 0.05) is 5.69 Å². The van der Waals surface area contributed by atoms with E-state index in [1.54, 1.807) is 24.3 Å². The maximum absolute atomic E-state index is 13.1. The van der Waals surface area contributed by atoms with E-state index in [0.717, 1.165) is 9.25 Å². The second-order valence-corrected chi connectivity index (χ2v) is 6.24. The number of hydrogen-bond donors (Lipinski definition) is 1. The van der Waals surface area contributed by atoms with Crippen LogP contribution in [0, 0.1) is 17.1 Å². The van der Waals surface area contributed by atoms with E-state index >= 15 is 0 Å². The van der Waals surface area contributed by atoms with Crippen LogP contribution in [0.3, 0.4) is 0 Å². The second-order valence-electron chi connectivity index (χ2n) is 6.24. The Kier molecular flexibility index (Phi) is 4.40. The Hall–Kier alpha value is -4.26. The molecule has 0 saturated heterocycles. The summed E-state index contributed by atoms with van der Waals surface area (Å²) in [6, 6.07) is 13.1. The first-order valence-electron chi connectivity index (χ1n) is 8.53. The summed E-state index contributed by atoms with van der Waals surface area (Å²) in [6.45, 7) is -0.395. The van der Waals surface area contributed by atoms with Crippen LogP contribution in [-0.4, -0.2) is 26.3 Å². The van der Waals surface area contributed by atoms with Gasteiger partial charge in [-0.15, -0.1) is 0 Å². The number of carbonyl (C=O) groups excluding carboxylic acids is 2. The highest BCUT2D eigenvalue weighted by atomic mass is 19.1. The van der Waals surface area contributed by atoms with Crippen LogP contribution in [0.25, 0.3) is 0 Å². The summed E-state index contributed by atoms with van der Waals surface area (Å²) in [7, 11) is 0. The van der Waals surface area contributed by atoms with Gasteiger partial charge in [-0.25, -0.2) is 18.7 Å². The number of nitriles is 1. The molecule has 4 rings (SSSR count). The van der Waals surface area contributed by atoms with E-state index in [9.17, 15) is 18.8 Å². The smallest absolute Gasteiger partial charge is 0.323 e. The van der Waals surface area contributed by atoms with Crippen molar-refractivity contribution in [1.29, 1.82) is 5.26 Å². The Balaban J connectivity index is 1.52. The van der Waals surface area contributed by atoms with Crippen LogP contribution in [0.5, 0.6) is 0 Å². The number of nitrogens with zero attached hydrogens (tertiary/aromatic N) is 5. The molecule has 9 nitrogen and oxygen atoms in total. The number of carbonyl (C=O) groups is 2. The van der Waals surface area contributed by atoms with Crippen LogP contribution in [0.1, 0.15) is 11.4 Å². The lowest BCUT2D eigenvalue weighted by atomic mass is 10.2. The third-order valence-electron chi connectivity index (χ3n) is 4.38. The van der Waals surface area contributed by atoms with E-state index in [1.165, 1.54) is 29.2 Å². The lowest BCUT2D eigenvalue weighted by molar-refractivity contribution is -0.117. The molecule has 144 valence electrons. The van der Waals surface area contributed by atoms with Crippen LogP contribution < -0.4 is 15.9 Å². The monoisotopic (exact) mass is 392 g/mol. The number of anilines is 2. The molecular weight excluding hydrogens is 379 g/mol. The molecular formula is C19H13FN6O3. The number of halogens is 1. The van der Waals surface area contributed by atoms with Crippen molar-refractivity contribution in [3.05, 3.63) is 76.2 Å². The van der Waals surface area contributed by atoms with Crippen LogP contribution in [0.4, 0.5) is 20.6 Å². The highest BCUT2D eigenvalue weighted by Crippen LogP contribution is 2.22. The van der Waals surface area contributed by atoms with E-state index in [2.05, 4.69) is 10.4 Å². The lowest BCUT2D eigenvalue weighted by Crippen LogP contribution is -2.36. The fourth-order valence-corrected chi connectivity index (χ4v) is 3.02. The van der Waals surface area contributed by atoms with Gasteiger partial charge in [-0.3, -0.25) is 9.69 Å². The van der Waals surface area contributed by atoms with Crippen LogP contribution in [-0.2, 0) is 17.9 Å². The van der Waals surface area contributed by atoms with Crippen molar-refractivity contribution >= 4 is 23.3 Å². The molecule has 1 N–H and O–H groups in total.